The number of hydrogen-bond acceptors (Lipinski definition) is 6. The number of carbonyl (C=O) groups is 1. The lowest BCUT2D eigenvalue weighted by Gasteiger charge is -2.07. The summed E-state index contributed by atoms with van der Waals surface area (Å²) < 4.78 is 16.6. The number of benzene rings is 1. The van der Waals surface area contributed by atoms with Crippen molar-refractivity contribution in [3.8, 4) is 5.75 Å². The van der Waals surface area contributed by atoms with Gasteiger partial charge in [0.2, 0.25) is 5.89 Å². The van der Waals surface area contributed by atoms with E-state index in [1.165, 1.54) is 0 Å². The third-order valence-corrected chi connectivity index (χ3v) is 3.98. The summed E-state index contributed by atoms with van der Waals surface area (Å²) in [5.41, 5.74) is 0.477. The zero-order valence-corrected chi connectivity index (χ0v) is 14.4. The quantitative estimate of drug-likeness (QED) is 0.733. The molecule has 1 aromatic heterocycles. The summed E-state index contributed by atoms with van der Waals surface area (Å²) in [7, 11) is 0. The van der Waals surface area contributed by atoms with Crippen molar-refractivity contribution in [2.45, 2.75) is 45.1 Å². The van der Waals surface area contributed by atoms with E-state index in [-0.39, 0.29) is 18.0 Å². The number of nitrogens with one attached hydrogen (secondary N) is 1. The first-order valence-electron chi connectivity index (χ1n) is 8.75. The zero-order valence-electron chi connectivity index (χ0n) is 14.4. The van der Waals surface area contributed by atoms with Crippen LogP contribution in [0.25, 0.3) is 0 Å². The van der Waals surface area contributed by atoms with Gasteiger partial charge >= 0.3 is 6.01 Å². The van der Waals surface area contributed by atoms with Gasteiger partial charge in [0.15, 0.2) is 0 Å². The summed E-state index contributed by atoms with van der Waals surface area (Å²) in [5.74, 6) is 0.761. The number of unbranched alkanes of at least 4 members (excludes halogenated alkanes) is 2. The Labute approximate surface area is 146 Å². The Bertz CT molecular complexity index is 695. The molecule has 0 saturated carbocycles. The van der Waals surface area contributed by atoms with Gasteiger partial charge < -0.3 is 13.9 Å². The second kappa shape index (κ2) is 8.62. The third-order valence-electron chi connectivity index (χ3n) is 3.98. The molecular formula is C18H23N3O4. The number of carbonyl (C=O) groups excluding carboxylic acids is 1. The van der Waals surface area contributed by atoms with Crippen LogP contribution in [0.1, 0.15) is 61.4 Å². The van der Waals surface area contributed by atoms with Crippen molar-refractivity contribution < 1.29 is 18.7 Å². The highest BCUT2D eigenvalue weighted by Crippen LogP contribution is 2.28. The molecule has 1 fully saturated rings. The minimum absolute atomic E-state index is 0.0739. The van der Waals surface area contributed by atoms with Gasteiger partial charge in [-0.1, -0.05) is 30.9 Å². The molecule has 3 rings (SSSR count). The molecule has 1 aliphatic heterocycles. The van der Waals surface area contributed by atoms with Crippen LogP contribution in [0.15, 0.2) is 28.7 Å². The molecule has 2 heterocycles. The molecule has 1 saturated heterocycles. The van der Waals surface area contributed by atoms with Gasteiger partial charge in [0, 0.05) is 12.2 Å². The van der Waals surface area contributed by atoms with Gasteiger partial charge in [-0.25, -0.2) is 0 Å². The second-order valence-electron chi connectivity index (χ2n) is 5.98. The average molecular weight is 345 g/mol. The van der Waals surface area contributed by atoms with Crippen molar-refractivity contribution in [1.29, 1.82) is 0 Å². The summed E-state index contributed by atoms with van der Waals surface area (Å²) in [6, 6.07) is 7.12. The Hall–Kier alpha value is -2.41. The van der Waals surface area contributed by atoms with Crippen molar-refractivity contribution in [2.75, 3.05) is 18.5 Å². The largest absolute Gasteiger partial charge is 0.494 e. The van der Waals surface area contributed by atoms with Gasteiger partial charge in [-0.05, 0) is 37.5 Å². The molecule has 134 valence electrons. The topological polar surface area (TPSA) is 86.5 Å². The van der Waals surface area contributed by atoms with Gasteiger partial charge in [0.25, 0.3) is 5.91 Å². The van der Waals surface area contributed by atoms with Crippen LogP contribution in [-0.2, 0) is 4.74 Å². The lowest BCUT2D eigenvalue weighted by atomic mass is 10.2. The van der Waals surface area contributed by atoms with Crippen LogP contribution in [0.3, 0.4) is 0 Å². The molecule has 0 radical (unpaired) electrons. The minimum atomic E-state index is -0.318. The summed E-state index contributed by atoms with van der Waals surface area (Å²) in [4.78, 5) is 12.3. The summed E-state index contributed by atoms with van der Waals surface area (Å²) >= 11 is 0. The average Bonchev–Trinajstić information content (AvgIpc) is 3.30. The van der Waals surface area contributed by atoms with Crippen molar-refractivity contribution in [3.63, 3.8) is 0 Å². The van der Waals surface area contributed by atoms with Crippen molar-refractivity contribution in [2.24, 2.45) is 0 Å². The maximum absolute atomic E-state index is 12.3. The van der Waals surface area contributed by atoms with Gasteiger partial charge in [0.1, 0.15) is 11.9 Å². The smallest absolute Gasteiger partial charge is 0.322 e. The number of rotatable bonds is 8. The van der Waals surface area contributed by atoms with E-state index in [9.17, 15) is 4.79 Å². The first-order chi connectivity index (χ1) is 12.3. The lowest BCUT2D eigenvalue weighted by molar-refractivity contribution is 0.0893. The monoisotopic (exact) mass is 345 g/mol. The van der Waals surface area contributed by atoms with Gasteiger partial charge in [-0.2, -0.15) is 0 Å². The molecule has 0 aliphatic carbocycles. The predicted octanol–water partition coefficient (Wildman–Crippen LogP) is 3.74. The van der Waals surface area contributed by atoms with E-state index in [1.807, 2.05) is 6.07 Å². The highest BCUT2D eigenvalue weighted by molar-refractivity contribution is 6.03. The second-order valence-corrected chi connectivity index (χ2v) is 5.98. The number of anilines is 1. The van der Waals surface area contributed by atoms with Gasteiger partial charge in [-0.3, -0.25) is 10.1 Å². The molecular weight excluding hydrogens is 322 g/mol. The van der Waals surface area contributed by atoms with E-state index in [1.54, 1.807) is 18.2 Å². The maximum Gasteiger partial charge on any atom is 0.322 e. The Morgan fingerprint density at radius 1 is 1.36 bits per heavy atom. The van der Waals surface area contributed by atoms with E-state index in [2.05, 4.69) is 22.4 Å². The fourth-order valence-electron chi connectivity index (χ4n) is 2.63. The molecule has 1 atom stereocenters. The van der Waals surface area contributed by atoms with E-state index in [0.717, 1.165) is 32.1 Å². The fourth-order valence-corrected chi connectivity index (χ4v) is 2.63. The van der Waals surface area contributed by atoms with Crippen LogP contribution in [0.5, 0.6) is 5.75 Å². The number of hydrogen-bond donors (Lipinski definition) is 1. The van der Waals surface area contributed by atoms with Crippen LogP contribution in [-0.4, -0.2) is 29.3 Å². The Morgan fingerprint density at radius 2 is 2.28 bits per heavy atom. The Balaban J connectivity index is 1.57. The molecule has 7 nitrogen and oxygen atoms in total. The molecule has 1 unspecified atom stereocenters. The molecule has 1 N–H and O–H groups in total. The van der Waals surface area contributed by atoms with E-state index < -0.39 is 0 Å². The Morgan fingerprint density at radius 3 is 3.08 bits per heavy atom. The summed E-state index contributed by atoms with van der Waals surface area (Å²) in [5, 5.41) is 10.4. The molecule has 25 heavy (non-hydrogen) atoms. The number of nitrogens with zero attached hydrogens (tertiary/aromatic N) is 2. The zero-order chi connectivity index (χ0) is 17.5. The van der Waals surface area contributed by atoms with Crippen LogP contribution in [0, 0.1) is 0 Å². The van der Waals surface area contributed by atoms with Crippen LogP contribution in [0.2, 0.25) is 0 Å². The van der Waals surface area contributed by atoms with Crippen LogP contribution >= 0.6 is 0 Å². The molecule has 1 aliphatic rings. The van der Waals surface area contributed by atoms with Gasteiger partial charge in [0.05, 0.1) is 6.61 Å². The molecule has 0 spiro atoms. The van der Waals surface area contributed by atoms with Crippen molar-refractivity contribution in [3.05, 3.63) is 35.7 Å². The predicted molar refractivity (Wildman–Crippen MR) is 91.6 cm³/mol. The van der Waals surface area contributed by atoms with Crippen LogP contribution < -0.4 is 10.1 Å². The Kier molecular flexibility index (Phi) is 6.00. The normalized spacial score (nSPS) is 16.8. The van der Waals surface area contributed by atoms with Gasteiger partial charge in [-0.15, -0.1) is 5.10 Å². The minimum Gasteiger partial charge on any atom is -0.494 e. The number of aromatic nitrogens is 2. The van der Waals surface area contributed by atoms with E-state index >= 15 is 0 Å². The van der Waals surface area contributed by atoms with Crippen molar-refractivity contribution in [1.82, 2.24) is 10.2 Å². The summed E-state index contributed by atoms with van der Waals surface area (Å²) in [6.07, 6.45) is 4.93. The lowest BCUT2D eigenvalue weighted by Crippen LogP contribution is -2.12. The molecule has 2 aromatic rings. The highest BCUT2D eigenvalue weighted by atomic mass is 16.5. The third kappa shape index (κ3) is 4.79. The summed E-state index contributed by atoms with van der Waals surface area (Å²) in [6.45, 7) is 3.49. The standard InChI is InChI=1S/C18H23N3O4/c1-2-3-4-10-23-14-8-5-7-13(12-14)16(22)19-18-21-20-17(25-18)15-9-6-11-24-15/h5,7-8,12,15H,2-4,6,9-11H2,1H3,(H,19,21,22). The number of amides is 1. The van der Waals surface area contributed by atoms with Crippen LogP contribution in [0.4, 0.5) is 6.01 Å². The molecule has 7 heteroatoms. The van der Waals surface area contributed by atoms with Crippen molar-refractivity contribution >= 4 is 11.9 Å². The molecule has 0 bridgehead atoms. The first kappa shape index (κ1) is 17.4. The fraction of sp³-hybridized carbons (Fsp3) is 0.500. The van der Waals surface area contributed by atoms with E-state index in [4.69, 9.17) is 13.9 Å². The first-order valence-corrected chi connectivity index (χ1v) is 8.75. The highest BCUT2D eigenvalue weighted by Gasteiger charge is 2.24. The number of ether oxygens (including phenoxy) is 2. The SMILES string of the molecule is CCCCCOc1cccc(C(=O)Nc2nnc(C3CCCO3)o2)c1. The maximum atomic E-state index is 12.3. The molecule has 1 amide bonds. The molecule has 1 aromatic carbocycles. The van der Waals surface area contributed by atoms with E-state index in [0.29, 0.717) is 30.4 Å².